The van der Waals surface area contributed by atoms with Gasteiger partial charge in [-0.05, 0) is 38.8 Å². The van der Waals surface area contributed by atoms with Crippen molar-refractivity contribution < 1.29 is 9.59 Å². The van der Waals surface area contributed by atoms with Gasteiger partial charge in [-0.15, -0.1) is 12.4 Å². The maximum Gasteiger partial charge on any atom is 0.243 e. The number of nitrogens with one attached hydrogen (secondary N) is 2. The first-order valence-electron chi connectivity index (χ1n) is 6.69. The summed E-state index contributed by atoms with van der Waals surface area (Å²) in [6.45, 7) is 7.62. The van der Waals surface area contributed by atoms with Gasteiger partial charge in [0.15, 0.2) is 0 Å². The molecule has 0 fully saturated rings. The minimum atomic E-state index is -0.238. The van der Waals surface area contributed by atoms with E-state index in [1.807, 2.05) is 32.9 Å². The monoisotopic (exact) mass is 313 g/mol. The van der Waals surface area contributed by atoms with E-state index in [0.29, 0.717) is 0 Å². The van der Waals surface area contributed by atoms with Crippen LogP contribution < -0.4 is 16.4 Å². The number of aryl methyl sites for hydroxylation is 3. The van der Waals surface area contributed by atoms with E-state index in [0.717, 1.165) is 22.4 Å². The third kappa shape index (κ3) is 6.60. The zero-order valence-corrected chi connectivity index (χ0v) is 13.8. The first-order chi connectivity index (χ1) is 9.29. The van der Waals surface area contributed by atoms with E-state index in [1.165, 1.54) is 0 Å². The van der Waals surface area contributed by atoms with Gasteiger partial charge in [0.2, 0.25) is 11.8 Å². The lowest BCUT2D eigenvalue weighted by Crippen LogP contribution is -2.35. The van der Waals surface area contributed by atoms with Gasteiger partial charge in [0.25, 0.3) is 0 Å². The largest absolute Gasteiger partial charge is 0.347 e. The number of carbonyl (C=O) groups excluding carboxylic acids is 2. The third-order valence-corrected chi connectivity index (χ3v) is 2.89. The molecule has 1 aromatic rings. The molecule has 1 rings (SSSR count). The predicted molar refractivity (Wildman–Crippen MR) is 87.8 cm³/mol. The Morgan fingerprint density at radius 3 is 2.14 bits per heavy atom. The van der Waals surface area contributed by atoms with Crippen molar-refractivity contribution in [1.29, 1.82) is 0 Å². The average molecular weight is 314 g/mol. The van der Waals surface area contributed by atoms with Crippen LogP contribution in [-0.4, -0.2) is 24.4 Å². The maximum absolute atomic E-state index is 11.8. The summed E-state index contributed by atoms with van der Waals surface area (Å²) in [6, 6.07) is 3.81. The first kappa shape index (κ1) is 19.4. The number of halogens is 1. The Labute approximate surface area is 132 Å². The smallest absolute Gasteiger partial charge is 0.243 e. The van der Waals surface area contributed by atoms with Crippen LogP contribution >= 0.6 is 12.4 Å². The highest BCUT2D eigenvalue weighted by Gasteiger charge is 2.10. The molecule has 1 atom stereocenters. The Morgan fingerprint density at radius 2 is 1.67 bits per heavy atom. The summed E-state index contributed by atoms with van der Waals surface area (Å²) in [5.74, 6) is -0.453. The molecule has 0 spiro atoms. The standard InChI is InChI=1S/C15H23N3O2.ClH/c1-9-5-10(2)15(11(3)6-9)18-14(20)8-17-13(19)7-12(4)16;/h5-6,12H,7-8,16H2,1-4H3,(H,17,19)(H,18,20);1H. The predicted octanol–water partition coefficient (Wildman–Crippen LogP) is 1.83. The molecule has 0 aliphatic rings. The molecule has 2 amide bonds. The Kier molecular flexibility index (Phi) is 7.99. The lowest BCUT2D eigenvalue weighted by Gasteiger charge is -2.13. The fourth-order valence-corrected chi connectivity index (χ4v) is 2.10. The normalized spacial score (nSPS) is 11.3. The molecule has 0 aromatic heterocycles. The highest BCUT2D eigenvalue weighted by atomic mass is 35.5. The lowest BCUT2D eigenvalue weighted by atomic mass is 10.1. The maximum atomic E-state index is 11.8. The Balaban J connectivity index is 0.00000400. The number of anilines is 1. The van der Waals surface area contributed by atoms with Gasteiger partial charge in [0.1, 0.15) is 0 Å². The summed E-state index contributed by atoms with van der Waals surface area (Å²) in [7, 11) is 0. The zero-order chi connectivity index (χ0) is 15.3. The summed E-state index contributed by atoms with van der Waals surface area (Å²) in [6.07, 6.45) is 0.218. The minimum absolute atomic E-state index is 0. The fraction of sp³-hybridized carbons (Fsp3) is 0.467. The van der Waals surface area contributed by atoms with Gasteiger partial charge < -0.3 is 16.4 Å². The molecule has 1 unspecified atom stereocenters. The van der Waals surface area contributed by atoms with Gasteiger partial charge in [-0.3, -0.25) is 9.59 Å². The van der Waals surface area contributed by atoms with E-state index in [1.54, 1.807) is 6.92 Å². The second-order valence-corrected chi connectivity index (χ2v) is 5.28. The number of benzene rings is 1. The second-order valence-electron chi connectivity index (χ2n) is 5.28. The van der Waals surface area contributed by atoms with Crippen molar-refractivity contribution in [3.63, 3.8) is 0 Å². The number of amides is 2. The van der Waals surface area contributed by atoms with E-state index in [2.05, 4.69) is 10.6 Å². The van der Waals surface area contributed by atoms with E-state index in [-0.39, 0.29) is 43.2 Å². The van der Waals surface area contributed by atoms with E-state index >= 15 is 0 Å². The molecule has 5 nitrogen and oxygen atoms in total. The number of hydrogen-bond donors (Lipinski definition) is 3. The lowest BCUT2D eigenvalue weighted by molar-refractivity contribution is -0.124. The average Bonchev–Trinajstić information content (AvgIpc) is 2.30. The molecule has 6 heteroatoms. The topological polar surface area (TPSA) is 84.2 Å². The van der Waals surface area contributed by atoms with Crippen LogP contribution in [0, 0.1) is 20.8 Å². The molecule has 0 aliphatic carbocycles. The van der Waals surface area contributed by atoms with Crippen LogP contribution in [0.25, 0.3) is 0 Å². The Bertz CT molecular complexity index is 493. The molecule has 0 saturated carbocycles. The van der Waals surface area contributed by atoms with Gasteiger partial charge >= 0.3 is 0 Å². The van der Waals surface area contributed by atoms with Crippen molar-refractivity contribution in [2.45, 2.75) is 40.2 Å². The van der Waals surface area contributed by atoms with E-state index < -0.39 is 0 Å². The molecular formula is C15H24ClN3O2. The van der Waals surface area contributed by atoms with E-state index in [4.69, 9.17) is 5.73 Å². The quantitative estimate of drug-likeness (QED) is 0.775. The van der Waals surface area contributed by atoms with Crippen molar-refractivity contribution >= 4 is 29.9 Å². The minimum Gasteiger partial charge on any atom is -0.347 e. The van der Waals surface area contributed by atoms with E-state index in [9.17, 15) is 9.59 Å². The van der Waals surface area contributed by atoms with Crippen LogP contribution in [0.1, 0.15) is 30.0 Å². The number of hydrogen-bond acceptors (Lipinski definition) is 3. The first-order valence-corrected chi connectivity index (χ1v) is 6.69. The third-order valence-electron chi connectivity index (χ3n) is 2.89. The summed E-state index contributed by atoms with van der Waals surface area (Å²) >= 11 is 0. The van der Waals surface area contributed by atoms with Gasteiger partial charge in [-0.25, -0.2) is 0 Å². The van der Waals surface area contributed by atoms with Crippen molar-refractivity contribution in [2.75, 3.05) is 11.9 Å². The summed E-state index contributed by atoms with van der Waals surface area (Å²) in [5.41, 5.74) is 9.50. The number of rotatable bonds is 5. The molecule has 118 valence electrons. The molecule has 0 aliphatic heterocycles. The second kappa shape index (κ2) is 8.64. The molecule has 21 heavy (non-hydrogen) atoms. The van der Waals surface area contributed by atoms with Crippen LogP contribution in [0.2, 0.25) is 0 Å². The highest BCUT2D eigenvalue weighted by Crippen LogP contribution is 2.21. The number of carbonyl (C=O) groups is 2. The van der Waals surface area contributed by atoms with Crippen LogP contribution in [0.4, 0.5) is 5.69 Å². The Hall–Kier alpha value is -1.59. The zero-order valence-electron chi connectivity index (χ0n) is 12.9. The molecule has 1 aromatic carbocycles. The van der Waals surface area contributed by atoms with Gasteiger partial charge in [0, 0.05) is 18.2 Å². The van der Waals surface area contributed by atoms with Crippen LogP contribution in [0.15, 0.2) is 12.1 Å². The summed E-state index contributed by atoms with van der Waals surface area (Å²) in [4.78, 5) is 23.3. The van der Waals surface area contributed by atoms with Crippen molar-refractivity contribution in [3.05, 3.63) is 28.8 Å². The van der Waals surface area contributed by atoms with Gasteiger partial charge in [-0.1, -0.05) is 17.7 Å². The Morgan fingerprint density at radius 1 is 1.14 bits per heavy atom. The molecule has 0 bridgehead atoms. The SMILES string of the molecule is Cc1cc(C)c(NC(=O)CNC(=O)CC(C)N)c(C)c1.Cl. The molecule has 0 heterocycles. The van der Waals surface area contributed by atoms with Crippen molar-refractivity contribution in [2.24, 2.45) is 5.73 Å². The highest BCUT2D eigenvalue weighted by molar-refractivity contribution is 5.95. The van der Waals surface area contributed by atoms with Crippen molar-refractivity contribution in [3.8, 4) is 0 Å². The fourth-order valence-electron chi connectivity index (χ4n) is 2.10. The van der Waals surface area contributed by atoms with Gasteiger partial charge in [-0.2, -0.15) is 0 Å². The van der Waals surface area contributed by atoms with Crippen molar-refractivity contribution in [1.82, 2.24) is 5.32 Å². The summed E-state index contributed by atoms with van der Waals surface area (Å²) in [5, 5.41) is 5.38. The molecule has 0 saturated heterocycles. The molecule has 4 N–H and O–H groups in total. The number of nitrogens with two attached hydrogens (primary N) is 1. The van der Waals surface area contributed by atoms with Crippen LogP contribution in [0.3, 0.4) is 0 Å². The van der Waals surface area contributed by atoms with Crippen LogP contribution in [-0.2, 0) is 9.59 Å². The summed E-state index contributed by atoms with van der Waals surface area (Å²) < 4.78 is 0. The molecule has 0 radical (unpaired) electrons. The van der Waals surface area contributed by atoms with Crippen LogP contribution in [0.5, 0.6) is 0 Å². The molecular weight excluding hydrogens is 290 g/mol. The van der Waals surface area contributed by atoms with Gasteiger partial charge in [0.05, 0.1) is 6.54 Å².